The van der Waals surface area contributed by atoms with Gasteiger partial charge in [0.25, 0.3) is 0 Å². The van der Waals surface area contributed by atoms with Crippen LogP contribution in [0.4, 0.5) is 15.8 Å². The van der Waals surface area contributed by atoms with Crippen molar-refractivity contribution in [3.8, 4) is 0 Å². The molecule has 0 spiro atoms. The number of rotatable bonds is 3. The van der Waals surface area contributed by atoms with Crippen molar-refractivity contribution in [3.05, 3.63) is 24.0 Å². The zero-order valence-corrected chi connectivity index (χ0v) is 12.5. The summed E-state index contributed by atoms with van der Waals surface area (Å²) in [4.78, 5) is 14.4. The van der Waals surface area contributed by atoms with E-state index in [0.29, 0.717) is 11.7 Å². The van der Waals surface area contributed by atoms with E-state index in [1.165, 1.54) is 18.2 Å². The molecule has 110 valence electrons. The Balaban J connectivity index is 2.05. The lowest BCUT2D eigenvalue weighted by atomic mass is 10.2. The number of hydrogen-bond donors (Lipinski definition) is 2. The average Bonchev–Trinajstić information content (AvgIpc) is 2.42. The van der Waals surface area contributed by atoms with E-state index >= 15 is 0 Å². The monoisotopic (exact) mass is 297 g/mol. The molecular weight excluding hydrogens is 277 g/mol. The Morgan fingerprint density at radius 1 is 1.60 bits per heavy atom. The highest BCUT2D eigenvalue weighted by molar-refractivity contribution is 7.99. The standard InChI is InChI=1S/C14H20FN3OS/c1-9-8-20-6-5-18(9)10(2)14(19)17-13-7-11(16)3-4-12(13)15/h3-4,7,9-10H,5-6,8,16H2,1-2H3,(H,17,19). The molecule has 4 nitrogen and oxygen atoms in total. The molecule has 2 atom stereocenters. The van der Waals surface area contributed by atoms with Gasteiger partial charge in [0.05, 0.1) is 11.7 Å². The molecule has 20 heavy (non-hydrogen) atoms. The van der Waals surface area contributed by atoms with Gasteiger partial charge in [-0.2, -0.15) is 11.8 Å². The molecule has 3 N–H and O–H groups in total. The zero-order valence-electron chi connectivity index (χ0n) is 11.7. The lowest BCUT2D eigenvalue weighted by Crippen LogP contribution is -2.50. The van der Waals surface area contributed by atoms with Gasteiger partial charge in [-0.05, 0) is 32.0 Å². The van der Waals surface area contributed by atoms with Crippen LogP contribution in [-0.4, -0.2) is 40.9 Å². The third-order valence-corrected chi connectivity index (χ3v) is 4.73. The van der Waals surface area contributed by atoms with Crippen molar-refractivity contribution in [1.82, 2.24) is 4.90 Å². The summed E-state index contributed by atoms with van der Waals surface area (Å²) in [6.45, 7) is 4.84. The van der Waals surface area contributed by atoms with Crippen LogP contribution in [0.1, 0.15) is 13.8 Å². The van der Waals surface area contributed by atoms with E-state index in [9.17, 15) is 9.18 Å². The van der Waals surface area contributed by atoms with Crippen LogP contribution in [0, 0.1) is 5.82 Å². The first-order valence-electron chi connectivity index (χ1n) is 6.68. The quantitative estimate of drug-likeness (QED) is 0.840. The molecule has 1 saturated heterocycles. The number of thioether (sulfide) groups is 1. The Hall–Kier alpha value is -1.27. The highest BCUT2D eigenvalue weighted by Crippen LogP contribution is 2.21. The maximum Gasteiger partial charge on any atom is 0.241 e. The number of hydrogen-bond acceptors (Lipinski definition) is 4. The predicted molar refractivity (Wildman–Crippen MR) is 82.4 cm³/mol. The molecule has 0 aliphatic carbocycles. The fraction of sp³-hybridized carbons (Fsp3) is 0.500. The first-order chi connectivity index (χ1) is 9.49. The van der Waals surface area contributed by atoms with E-state index in [4.69, 9.17) is 5.73 Å². The molecule has 2 unspecified atom stereocenters. The van der Waals surface area contributed by atoms with Crippen molar-refractivity contribution < 1.29 is 9.18 Å². The topological polar surface area (TPSA) is 58.4 Å². The second-order valence-corrected chi connectivity index (χ2v) is 6.22. The van der Waals surface area contributed by atoms with Crippen LogP contribution in [0.15, 0.2) is 18.2 Å². The van der Waals surface area contributed by atoms with Crippen molar-refractivity contribution in [3.63, 3.8) is 0 Å². The van der Waals surface area contributed by atoms with Gasteiger partial charge in [0.15, 0.2) is 0 Å². The van der Waals surface area contributed by atoms with Crippen LogP contribution in [0.2, 0.25) is 0 Å². The van der Waals surface area contributed by atoms with E-state index < -0.39 is 5.82 Å². The third-order valence-electron chi connectivity index (χ3n) is 3.54. The smallest absolute Gasteiger partial charge is 0.241 e. The maximum atomic E-state index is 13.6. The summed E-state index contributed by atoms with van der Waals surface area (Å²) in [7, 11) is 0. The van der Waals surface area contributed by atoms with Gasteiger partial charge < -0.3 is 11.1 Å². The summed E-state index contributed by atoms with van der Waals surface area (Å²) in [6, 6.07) is 4.23. The third kappa shape index (κ3) is 3.43. The Kier molecular flexibility index (Phi) is 4.88. The number of anilines is 2. The first kappa shape index (κ1) is 15.1. The molecule has 1 aliphatic heterocycles. The van der Waals surface area contributed by atoms with Gasteiger partial charge in [0.1, 0.15) is 5.82 Å². The molecule has 0 saturated carbocycles. The summed E-state index contributed by atoms with van der Waals surface area (Å²) in [5, 5.41) is 2.63. The van der Waals surface area contributed by atoms with Crippen LogP contribution < -0.4 is 11.1 Å². The van der Waals surface area contributed by atoms with Gasteiger partial charge >= 0.3 is 0 Å². The highest BCUT2D eigenvalue weighted by atomic mass is 32.2. The number of carbonyl (C=O) groups excluding carboxylic acids is 1. The van der Waals surface area contributed by atoms with E-state index in [1.807, 2.05) is 18.7 Å². The van der Waals surface area contributed by atoms with Gasteiger partial charge in [-0.15, -0.1) is 0 Å². The first-order valence-corrected chi connectivity index (χ1v) is 7.84. The van der Waals surface area contributed by atoms with E-state index in [1.54, 1.807) is 0 Å². The number of nitrogens with two attached hydrogens (primary N) is 1. The second kappa shape index (κ2) is 6.45. The van der Waals surface area contributed by atoms with Crippen molar-refractivity contribution in [2.45, 2.75) is 25.9 Å². The molecule has 0 radical (unpaired) electrons. The second-order valence-electron chi connectivity index (χ2n) is 5.07. The van der Waals surface area contributed by atoms with Gasteiger partial charge in [0, 0.05) is 29.8 Å². The molecule has 1 aromatic carbocycles. The lowest BCUT2D eigenvalue weighted by molar-refractivity contribution is -0.121. The number of amides is 1. The van der Waals surface area contributed by atoms with Crippen LogP contribution in [0.25, 0.3) is 0 Å². The minimum atomic E-state index is -0.470. The summed E-state index contributed by atoms with van der Waals surface area (Å²) in [5.41, 5.74) is 6.18. The van der Waals surface area contributed by atoms with E-state index in [-0.39, 0.29) is 17.6 Å². The lowest BCUT2D eigenvalue weighted by Gasteiger charge is -2.36. The summed E-state index contributed by atoms with van der Waals surface area (Å²) in [5.74, 6) is 1.37. The van der Waals surface area contributed by atoms with Crippen LogP contribution in [-0.2, 0) is 4.79 Å². The van der Waals surface area contributed by atoms with Crippen molar-refractivity contribution >= 4 is 29.0 Å². The van der Waals surface area contributed by atoms with Crippen LogP contribution in [0.3, 0.4) is 0 Å². The fourth-order valence-electron chi connectivity index (χ4n) is 2.34. The van der Waals surface area contributed by atoms with Crippen molar-refractivity contribution in [2.75, 3.05) is 29.1 Å². The molecule has 1 aromatic rings. The minimum absolute atomic E-state index is 0.140. The molecule has 1 fully saturated rings. The summed E-state index contributed by atoms with van der Waals surface area (Å²) >= 11 is 1.89. The van der Waals surface area contributed by atoms with Crippen molar-refractivity contribution in [1.29, 1.82) is 0 Å². The van der Waals surface area contributed by atoms with E-state index in [0.717, 1.165) is 18.1 Å². The Morgan fingerprint density at radius 2 is 2.35 bits per heavy atom. The minimum Gasteiger partial charge on any atom is -0.399 e. The van der Waals surface area contributed by atoms with Crippen LogP contribution in [0.5, 0.6) is 0 Å². The molecule has 1 heterocycles. The SMILES string of the molecule is CC1CSCCN1C(C)C(=O)Nc1cc(N)ccc1F. The largest absolute Gasteiger partial charge is 0.399 e. The number of nitrogen functional groups attached to an aromatic ring is 1. The Morgan fingerprint density at radius 3 is 3.05 bits per heavy atom. The summed E-state index contributed by atoms with van der Waals surface area (Å²) in [6.07, 6.45) is 0. The normalized spacial score (nSPS) is 21.4. The van der Waals surface area contributed by atoms with Gasteiger partial charge in [-0.25, -0.2) is 4.39 Å². The fourth-order valence-corrected chi connectivity index (χ4v) is 3.38. The number of halogens is 1. The molecule has 6 heteroatoms. The zero-order chi connectivity index (χ0) is 14.7. The average molecular weight is 297 g/mol. The Bertz CT molecular complexity index is 497. The van der Waals surface area contributed by atoms with E-state index in [2.05, 4.69) is 17.1 Å². The van der Waals surface area contributed by atoms with Crippen molar-refractivity contribution in [2.24, 2.45) is 0 Å². The number of nitrogens with one attached hydrogen (secondary N) is 1. The summed E-state index contributed by atoms with van der Waals surface area (Å²) < 4.78 is 13.6. The molecule has 1 aliphatic rings. The molecule has 0 bridgehead atoms. The number of carbonyl (C=O) groups is 1. The maximum absolute atomic E-state index is 13.6. The molecule has 1 amide bonds. The number of benzene rings is 1. The predicted octanol–water partition coefficient (Wildman–Crippen LogP) is 2.17. The number of nitrogens with zero attached hydrogens (tertiary/aromatic N) is 1. The van der Waals surface area contributed by atoms with Gasteiger partial charge in [-0.3, -0.25) is 9.69 Å². The van der Waals surface area contributed by atoms with Gasteiger partial charge in [-0.1, -0.05) is 0 Å². The molecule has 0 aromatic heterocycles. The van der Waals surface area contributed by atoms with Crippen LogP contribution >= 0.6 is 11.8 Å². The highest BCUT2D eigenvalue weighted by Gasteiger charge is 2.28. The molecular formula is C14H20FN3OS. The Labute approximate surface area is 122 Å². The molecule has 2 rings (SSSR count). The van der Waals surface area contributed by atoms with Gasteiger partial charge in [0.2, 0.25) is 5.91 Å².